The molecule has 2 aromatic carbocycles. The topological polar surface area (TPSA) is 92.4 Å². The standard InChI is InChI=1S/C24H18F2N4O3/c25-21(26)23-29-28-22(33-23)15-9-10-16-13-30(24(32)17(16)12-15)19(18-8-4-5-11-27-18)20(31)14-6-2-1-3-7-14/h1-12,19-21,31H,13H2/t19-,20+/m1/s1. The lowest BCUT2D eigenvalue weighted by Crippen LogP contribution is -2.34. The fraction of sp³-hybridized carbons (Fsp3) is 0.167. The van der Waals surface area contributed by atoms with Crippen LogP contribution in [0.2, 0.25) is 0 Å². The average molecular weight is 448 g/mol. The van der Waals surface area contributed by atoms with E-state index in [0.29, 0.717) is 22.4 Å². The molecule has 0 saturated carbocycles. The van der Waals surface area contributed by atoms with Crippen molar-refractivity contribution in [3.63, 3.8) is 0 Å². The summed E-state index contributed by atoms with van der Waals surface area (Å²) in [5.74, 6) is -1.18. The van der Waals surface area contributed by atoms with Gasteiger partial charge in [-0.25, -0.2) is 0 Å². The van der Waals surface area contributed by atoms with Gasteiger partial charge in [0.05, 0.1) is 5.69 Å². The third-order valence-electron chi connectivity index (χ3n) is 5.58. The summed E-state index contributed by atoms with van der Waals surface area (Å²) in [5, 5.41) is 18.2. The lowest BCUT2D eigenvalue weighted by atomic mass is 9.97. The highest BCUT2D eigenvalue weighted by atomic mass is 19.3. The first kappa shape index (κ1) is 20.9. The van der Waals surface area contributed by atoms with Gasteiger partial charge in [-0.15, -0.1) is 10.2 Å². The number of hydrogen-bond donors (Lipinski definition) is 1. The van der Waals surface area contributed by atoms with Crippen molar-refractivity contribution in [3.05, 3.63) is 101 Å². The lowest BCUT2D eigenvalue weighted by Gasteiger charge is -2.31. The first-order valence-electron chi connectivity index (χ1n) is 10.2. The minimum Gasteiger partial charge on any atom is -0.415 e. The molecule has 5 rings (SSSR count). The Hall–Kier alpha value is -3.98. The number of aliphatic hydroxyl groups is 1. The number of aromatic nitrogens is 3. The predicted molar refractivity (Wildman–Crippen MR) is 113 cm³/mol. The van der Waals surface area contributed by atoms with Gasteiger partial charge in [-0.05, 0) is 35.4 Å². The number of hydrogen-bond acceptors (Lipinski definition) is 6. The lowest BCUT2D eigenvalue weighted by molar-refractivity contribution is 0.0347. The summed E-state index contributed by atoms with van der Waals surface area (Å²) in [6.45, 7) is 0.256. The van der Waals surface area contributed by atoms with Crippen LogP contribution in [0.15, 0.2) is 77.3 Å². The molecule has 2 atom stereocenters. The van der Waals surface area contributed by atoms with E-state index in [4.69, 9.17) is 4.42 Å². The van der Waals surface area contributed by atoms with E-state index >= 15 is 0 Å². The molecule has 1 aliphatic heterocycles. The molecule has 166 valence electrons. The minimum absolute atomic E-state index is 0.0926. The van der Waals surface area contributed by atoms with E-state index in [1.54, 1.807) is 59.6 Å². The molecule has 4 aromatic rings. The van der Waals surface area contributed by atoms with Crippen LogP contribution in [0.25, 0.3) is 11.5 Å². The van der Waals surface area contributed by atoms with Gasteiger partial charge < -0.3 is 14.4 Å². The molecule has 0 spiro atoms. The van der Waals surface area contributed by atoms with Crippen LogP contribution in [0.3, 0.4) is 0 Å². The van der Waals surface area contributed by atoms with E-state index in [9.17, 15) is 18.7 Å². The molecule has 0 aliphatic carbocycles. The van der Waals surface area contributed by atoms with E-state index in [-0.39, 0.29) is 18.3 Å². The third kappa shape index (κ3) is 3.87. The summed E-state index contributed by atoms with van der Waals surface area (Å²) >= 11 is 0. The summed E-state index contributed by atoms with van der Waals surface area (Å²) in [7, 11) is 0. The molecule has 1 N–H and O–H groups in total. The van der Waals surface area contributed by atoms with Crippen molar-refractivity contribution in [3.8, 4) is 11.5 Å². The van der Waals surface area contributed by atoms with Gasteiger partial charge in [-0.3, -0.25) is 9.78 Å². The average Bonchev–Trinajstić information content (AvgIpc) is 3.46. The Bertz CT molecular complexity index is 1280. The smallest absolute Gasteiger partial charge is 0.314 e. The Balaban J connectivity index is 1.50. The zero-order valence-electron chi connectivity index (χ0n) is 17.2. The van der Waals surface area contributed by atoms with Gasteiger partial charge in [0.25, 0.3) is 11.8 Å². The maximum atomic E-state index is 13.4. The quantitative estimate of drug-likeness (QED) is 0.467. The first-order valence-corrected chi connectivity index (χ1v) is 10.2. The molecular formula is C24H18F2N4O3. The van der Waals surface area contributed by atoms with Gasteiger partial charge in [0.1, 0.15) is 12.1 Å². The van der Waals surface area contributed by atoms with E-state index < -0.39 is 24.5 Å². The number of halogens is 2. The van der Waals surface area contributed by atoms with Crippen molar-refractivity contribution in [2.75, 3.05) is 0 Å². The summed E-state index contributed by atoms with van der Waals surface area (Å²) < 4.78 is 30.6. The van der Waals surface area contributed by atoms with Crippen LogP contribution >= 0.6 is 0 Å². The van der Waals surface area contributed by atoms with Crippen LogP contribution in [0.5, 0.6) is 0 Å². The van der Waals surface area contributed by atoms with Gasteiger partial charge in [0.2, 0.25) is 5.89 Å². The van der Waals surface area contributed by atoms with Crippen molar-refractivity contribution in [2.45, 2.75) is 25.1 Å². The van der Waals surface area contributed by atoms with E-state index in [0.717, 1.165) is 5.56 Å². The number of aliphatic hydroxyl groups excluding tert-OH is 1. The van der Waals surface area contributed by atoms with E-state index in [2.05, 4.69) is 15.2 Å². The SMILES string of the molecule is O=C1c2cc(-c3nnc(C(F)F)o3)ccc2CN1[C@H](c1ccccn1)[C@@H](O)c1ccccc1. The van der Waals surface area contributed by atoms with Gasteiger partial charge >= 0.3 is 6.43 Å². The summed E-state index contributed by atoms with van der Waals surface area (Å²) in [5.41, 5.74) is 2.68. The molecule has 0 fully saturated rings. The van der Waals surface area contributed by atoms with Crippen LogP contribution in [0.1, 0.15) is 51.6 Å². The molecule has 2 aromatic heterocycles. The molecule has 0 radical (unpaired) electrons. The Kier molecular flexibility index (Phi) is 5.39. The Morgan fingerprint density at radius 2 is 1.79 bits per heavy atom. The van der Waals surface area contributed by atoms with Crippen molar-refractivity contribution in [1.82, 2.24) is 20.1 Å². The highest BCUT2D eigenvalue weighted by Gasteiger charge is 2.38. The fourth-order valence-electron chi connectivity index (χ4n) is 4.00. The predicted octanol–water partition coefficient (Wildman–Crippen LogP) is 4.50. The van der Waals surface area contributed by atoms with Crippen molar-refractivity contribution >= 4 is 5.91 Å². The summed E-state index contributed by atoms with van der Waals surface area (Å²) in [6, 6.07) is 18.6. The number of alkyl halides is 2. The van der Waals surface area contributed by atoms with Crippen LogP contribution < -0.4 is 0 Å². The minimum atomic E-state index is -2.88. The van der Waals surface area contributed by atoms with Gasteiger partial charge in [-0.2, -0.15) is 8.78 Å². The zero-order chi connectivity index (χ0) is 22.9. The maximum absolute atomic E-state index is 13.4. The molecule has 7 nitrogen and oxygen atoms in total. The van der Waals surface area contributed by atoms with Crippen molar-refractivity contribution < 1.29 is 23.1 Å². The number of carbonyl (C=O) groups is 1. The zero-order valence-corrected chi connectivity index (χ0v) is 17.2. The Labute approximate surface area is 187 Å². The van der Waals surface area contributed by atoms with E-state index in [1.165, 1.54) is 0 Å². The normalized spacial score (nSPS) is 15.0. The summed E-state index contributed by atoms with van der Waals surface area (Å²) in [4.78, 5) is 19.4. The molecule has 3 heterocycles. The number of fused-ring (bicyclic) bond motifs is 1. The second-order valence-corrected chi connectivity index (χ2v) is 7.61. The number of benzene rings is 2. The van der Waals surface area contributed by atoms with Crippen LogP contribution in [-0.4, -0.2) is 31.1 Å². The Morgan fingerprint density at radius 3 is 2.48 bits per heavy atom. The molecule has 0 bridgehead atoms. The van der Waals surface area contributed by atoms with Crippen molar-refractivity contribution in [1.29, 1.82) is 0 Å². The molecule has 1 amide bonds. The maximum Gasteiger partial charge on any atom is 0.314 e. The molecule has 0 saturated heterocycles. The first-order chi connectivity index (χ1) is 16.0. The number of amides is 1. The number of pyridine rings is 1. The second kappa shape index (κ2) is 8.51. The monoisotopic (exact) mass is 448 g/mol. The molecule has 33 heavy (non-hydrogen) atoms. The molecule has 1 aliphatic rings. The highest BCUT2D eigenvalue weighted by molar-refractivity contribution is 5.99. The highest BCUT2D eigenvalue weighted by Crippen LogP contribution is 2.39. The van der Waals surface area contributed by atoms with Crippen LogP contribution in [0, 0.1) is 0 Å². The van der Waals surface area contributed by atoms with Gasteiger partial charge in [-0.1, -0.05) is 42.5 Å². The van der Waals surface area contributed by atoms with Crippen LogP contribution in [-0.2, 0) is 6.54 Å². The molecular weight excluding hydrogens is 430 g/mol. The number of rotatable bonds is 6. The van der Waals surface area contributed by atoms with E-state index in [1.807, 2.05) is 18.2 Å². The number of nitrogens with zero attached hydrogens (tertiary/aromatic N) is 4. The molecule has 0 unspecified atom stereocenters. The number of carbonyl (C=O) groups excluding carboxylic acids is 1. The van der Waals surface area contributed by atoms with Gasteiger partial charge in [0.15, 0.2) is 0 Å². The van der Waals surface area contributed by atoms with Crippen LogP contribution in [0.4, 0.5) is 8.78 Å². The third-order valence-corrected chi connectivity index (χ3v) is 5.58. The van der Waals surface area contributed by atoms with Crippen molar-refractivity contribution in [2.24, 2.45) is 0 Å². The fourth-order valence-corrected chi connectivity index (χ4v) is 4.00. The Morgan fingerprint density at radius 1 is 1.00 bits per heavy atom. The second-order valence-electron chi connectivity index (χ2n) is 7.61. The summed E-state index contributed by atoms with van der Waals surface area (Å²) in [6.07, 6.45) is -2.28. The van der Waals surface area contributed by atoms with Gasteiger partial charge in [0, 0.05) is 23.9 Å². The molecule has 9 heteroatoms. The largest absolute Gasteiger partial charge is 0.415 e.